The monoisotopic (exact) mass is 503 g/mol. The number of benzene rings is 3. The maximum Gasteiger partial charge on any atom is 0.279 e. The molecule has 1 heterocycles. The summed E-state index contributed by atoms with van der Waals surface area (Å²) in [5.41, 5.74) is 2.10. The van der Waals surface area contributed by atoms with E-state index in [2.05, 4.69) is 9.82 Å². The van der Waals surface area contributed by atoms with E-state index in [4.69, 9.17) is 4.74 Å². The number of hydrogen-bond acceptors (Lipinski definition) is 6. The Balaban J connectivity index is 1.72. The zero-order valence-corrected chi connectivity index (χ0v) is 20.0. The standard InChI is InChI=1S/C23H22FN3O5S2/c1-32-20-11-13-21(14-12-20)34(30,31)27-23(17-3-7-18(24)8-4-17)15-22(25-27)16-5-9-19(10-6-16)26-33(2,28)29/h3-14,23,26H,15H2,1-2H3/t23-/m0/s1. The van der Waals surface area contributed by atoms with Crippen LogP contribution in [0.25, 0.3) is 0 Å². The third kappa shape index (κ3) is 5.05. The number of nitrogens with one attached hydrogen (secondary N) is 1. The minimum atomic E-state index is -4.04. The quantitative estimate of drug-likeness (QED) is 0.529. The molecular weight excluding hydrogens is 481 g/mol. The van der Waals surface area contributed by atoms with Crippen LogP contribution in [-0.2, 0) is 20.0 Å². The Morgan fingerprint density at radius 3 is 2.12 bits per heavy atom. The molecule has 1 N–H and O–H groups in total. The van der Waals surface area contributed by atoms with E-state index in [-0.39, 0.29) is 11.3 Å². The minimum Gasteiger partial charge on any atom is -0.497 e. The van der Waals surface area contributed by atoms with Crippen LogP contribution >= 0.6 is 0 Å². The van der Waals surface area contributed by atoms with Crippen molar-refractivity contribution >= 4 is 31.4 Å². The van der Waals surface area contributed by atoms with Gasteiger partial charge in [-0.05, 0) is 59.7 Å². The lowest BCUT2D eigenvalue weighted by molar-refractivity contribution is 0.371. The number of halogens is 1. The Morgan fingerprint density at radius 2 is 1.56 bits per heavy atom. The molecule has 1 atom stereocenters. The summed E-state index contributed by atoms with van der Waals surface area (Å²) in [6.07, 6.45) is 1.30. The van der Waals surface area contributed by atoms with Gasteiger partial charge in [0.1, 0.15) is 11.6 Å². The first-order chi connectivity index (χ1) is 16.1. The zero-order chi connectivity index (χ0) is 24.5. The lowest BCUT2D eigenvalue weighted by Crippen LogP contribution is -2.27. The average Bonchev–Trinajstić information content (AvgIpc) is 3.25. The molecule has 0 spiro atoms. The van der Waals surface area contributed by atoms with E-state index in [9.17, 15) is 21.2 Å². The molecule has 4 rings (SSSR count). The molecular formula is C23H22FN3O5S2. The molecule has 1 aliphatic rings. The topological polar surface area (TPSA) is 105 Å². The molecule has 0 amide bonds. The van der Waals surface area contributed by atoms with Crippen molar-refractivity contribution < 1.29 is 26.0 Å². The summed E-state index contributed by atoms with van der Waals surface area (Å²) in [7, 11) is -5.98. The molecule has 0 bridgehead atoms. The van der Waals surface area contributed by atoms with Crippen LogP contribution in [0.2, 0.25) is 0 Å². The highest BCUT2D eigenvalue weighted by Gasteiger charge is 2.37. The van der Waals surface area contributed by atoms with Crippen molar-refractivity contribution in [3.05, 3.63) is 89.7 Å². The molecule has 1 aliphatic heterocycles. The molecule has 3 aromatic carbocycles. The fraction of sp³-hybridized carbons (Fsp3) is 0.174. The van der Waals surface area contributed by atoms with Crippen molar-refractivity contribution in [1.82, 2.24) is 4.41 Å². The number of sulfonamides is 2. The number of nitrogens with zero attached hydrogens (tertiary/aromatic N) is 2. The van der Waals surface area contributed by atoms with E-state index in [0.717, 1.165) is 10.7 Å². The second kappa shape index (κ2) is 9.07. The van der Waals surface area contributed by atoms with Crippen LogP contribution in [0.5, 0.6) is 5.75 Å². The van der Waals surface area contributed by atoms with Gasteiger partial charge in [0.2, 0.25) is 10.0 Å². The second-order valence-electron chi connectivity index (χ2n) is 7.72. The van der Waals surface area contributed by atoms with Crippen LogP contribution < -0.4 is 9.46 Å². The summed E-state index contributed by atoms with van der Waals surface area (Å²) in [4.78, 5) is 0.0399. The van der Waals surface area contributed by atoms with Crippen LogP contribution in [0.1, 0.15) is 23.6 Å². The predicted octanol–water partition coefficient (Wildman–Crippen LogP) is 3.75. The Kier molecular flexibility index (Phi) is 6.32. The summed E-state index contributed by atoms with van der Waals surface area (Å²) in [6, 6.07) is 17.4. The third-order valence-corrected chi connectivity index (χ3v) is 7.56. The molecule has 0 unspecified atom stereocenters. The number of hydrazone groups is 1. The fourth-order valence-electron chi connectivity index (χ4n) is 3.62. The van der Waals surface area contributed by atoms with Gasteiger partial charge in [-0.2, -0.15) is 17.9 Å². The summed E-state index contributed by atoms with van der Waals surface area (Å²) in [5.74, 6) is 0.0869. The van der Waals surface area contributed by atoms with Gasteiger partial charge in [0.25, 0.3) is 10.0 Å². The van der Waals surface area contributed by atoms with Gasteiger partial charge in [-0.15, -0.1) is 0 Å². The van der Waals surface area contributed by atoms with Crippen LogP contribution in [0.15, 0.2) is 82.8 Å². The summed E-state index contributed by atoms with van der Waals surface area (Å²) >= 11 is 0. The number of methoxy groups -OCH3 is 1. The van der Waals surface area contributed by atoms with Crippen LogP contribution in [0.4, 0.5) is 10.1 Å². The molecule has 0 radical (unpaired) electrons. The van der Waals surface area contributed by atoms with E-state index in [1.54, 1.807) is 36.4 Å². The highest BCUT2D eigenvalue weighted by atomic mass is 32.2. The molecule has 11 heteroatoms. The van der Waals surface area contributed by atoms with Gasteiger partial charge >= 0.3 is 0 Å². The van der Waals surface area contributed by atoms with Crippen molar-refractivity contribution in [2.24, 2.45) is 5.10 Å². The lowest BCUT2D eigenvalue weighted by atomic mass is 9.99. The van der Waals surface area contributed by atoms with Crippen molar-refractivity contribution in [3.63, 3.8) is 0 Å². The SMILES string of the molecule is COc1ccc(S(=O)(=O)N2N=C(c3ccc(NS(C)(=O)=O)cc3)C[C@H]2c2ccc(F)cc2)cc1. The largest absolute Gasteiger partial charge is 0.497 e. The minimum absolute atomic E-state index is 0.0399. The molecule has 8 nitrogen and oxygen atoms in total. The van der Waals surface area contributed by atoms with E-state index >= 15 is 0 Å². The summed E-state index contributed by atoms with van der Waals surface area (Å²) in [5, 5.41) is 4.43. The molecule has 0 saturated carbocycles. The molecule has 0 aromatic heterocycles. The first-order valence-corrected chi connectivity index (χ1v) is 13.5. The summed E-state index contributed by atoms with van der Waals surface area (Å²) in [6.45, 7) is 0. The number of ether oxygens (including phenoxy) is 1. The fourth-order valence-corrected chi connectivity index (χ4v) is 5.62. The lowest BCUT2D eigenvalue weighted by Gasteiger charge is -2.23. The van der Waals surface area contributed by atoms with E-state index in [1.807, 2.05) is 0 Å². The molecule has 0 aliphatic carbocycles. The molecule has 178 valence electrons. The van der Waals surface area contributed by atoms with Crippen LogP contribution in [-0.4, -0.2) is 40.3 Å². The first-order valence-electron chi connectivity index (χ1n) is 10.2. The maximum absolute atomic E-state index is 13.5. The number of hydrogen-bond donors (Lipinski definition) is 1. The van der Waals surface area contributed by atoms with E-state index in [1.165, 1.54) is 43.5 Å². The number of rotatable bonds is 7. The molecule has 0 saturated heterocycles. The normalized spacial score (nSPS) is 16.3. The predicted molar refractivity (Wildman–Crippen MR) is 127 cm³/mol. The van der Waals surface area contributed by atoms with Gasteiger partial charge in [-0.3, -0.25) is 4.72 Å². The van der Waals surface area contributed by atoms with Crippen molar-refractivity contribution in [2.45, 2.75) is 17.4 Å². The van der Waals surface area contributed by atoms with Crippen molar-refractivity contribution in [1.29, 1.82) is 0 Å². The van der Waals surface area contributed by atoms with E-state index in [0.29, 0.717) is 28.3 Å². The van der Waals surface area contributed by atoms with E-state index < -0.39 is 31.9 Å². The van der Waals surface area contributed by atoms with Crippen molar-refractivity contribution in [2.75, 3.05) is 18.1 Å². The van der Waals surface area contributed by atoms with Crippen LogP contribution in [0, 0.1) is 5.82 Å². The van der Waals surface area contributed by atoms with Crippen molar-refractivity contribution in [3.8, 4) is 5.75 Å². The smallest absolute Gasteiger partial charge is 0.279 e. The van der Waals surface area contributed by atoms with Gasteiger partial charge in [0.05, 0.1) is 30.0 Å². The van der Waals surface area contributed by atoms with Gasteiger partial charge in [0, 0.05) is 12.1 Å². The second-order valence-corrected chi connectivity index (χ2v) is 11.3. The Bertz CT molecular complexity index is 1420. The Morgan fingerprint density at radius 1 is 0.941 bits per heavy atom. The van der Waals surface area contributed by atoms with Gasteiger partial charge in [-0.1, -0.05) is 24.3 Å². The Labute approximate surface area is 197 Å². The maximum atomic E-state index is 13.5. The highest BCUT2D eigenvalue weighted by molar-refractivity contribution is 7.92. The third-order valence-electron chi connectivity index (χ3n) is 5.25. The van der Waals surface area contributed by atoms with Gasteiger partial charge in [0.15, 0.2) is 0 Å². The summed E-state index contributed by atoms with van der Waals surface area (Å²) < 4.78 is 72.0. The molecule has 3 aromatic rings. The number of anilines is 1. The van der Waals surface area contributed by atoms with Gasteiger partial charge in [-0.25, -0.2) is 12.8 Å². The average molecular weight is 504 g/mol. The molecule has 0 fully saturated rings. The highest BCUT2D eigenvalue weighted by Crippen LogP contribution is 2.37. The van der Waals surface area contributed by atoms with Crippen LogP contribution in [0.3, 0.4) is 0 Å². The van der Waals surface area contributed by atoms with Gasteiger partial charge < -0.3 is 4.74 Å². The molecule has 34 heavy (non-hydrogen) atoms. The first kappa shape index (κ1) is 23.7. The zero-order valence-electron chi connectivity index (χ0n) is 18.3. The Hall–Kier alpha value is -3.44.